The first-order valence-corrected chi connectivity index (χ1v) is 6.88. The maximum absolute atomic E-state index is 10.0. The molecular formula is C12H28CaN4O4+2. The first-order chi connectivity index (χ1) is 9.36. The molecule has 0 amide bonds. The monoisotopic (exact) mass is 332 g/mol. The van der Waals surface area contributed by atoms with Crippen LogP contribution in [0.1, 0.15) is 38.5 Å². The zero-order chi connectivity index (χ0) is 16.0. The van der Waals surface area contributed by atoms with Crippen LogP contribution in [-0.4, -0.2) is 74.9 Å². The molecule has 0 aliphatic carbocycles. The van der Waals surface area contributed by atoms with Gasteiger partial charge in [0, 0.05) is 12.1 Å². The molecule has 0 heterocycles. The molecule has 0 aliphatic heterocycles. The third-order valence-corrected chi connectivity index (χ3v) is 2.64. The average molecular weight is 332 g/mol. The van der Waals surface area contributed by atoms with Gasteiger partial charge in [0.2, 0.25) is 0 Å². The van der Waals surface area contributed by atoms with Crippen LogP contribution in [0.25, 0.3) is 0 Å². The topological polar surface area (TPSA) is 188 Å². The van der Waals surface area contributed by atoms with E-state index in [1.54, 1.807) is 0 Å². The third-order valence-electron chi connectivity index (χ3n) is 2.64. The Morgan fingerprint density at radius 2 is 1.10 bits per heavy atom. The number of aliphatic carboxylic acids is 2. The maximum atomic E-state index is 10.0. The second-order valence-electron chi connectivity index (χ2n) is 4.55. The van der Waals surface area contributed by atoms with Crippen molar-refractivity contribution in [2.45, 2.75) is 50.6 Å². The summed E-state index contributed by atoms with van der Waals surface area (Å²) in [5.41, 5.74) is 17.6. The van der Waals surface area contributed by atoms with Crippen molar-refractivity contribution in [3.8, 4) is 0 Å². The number of carboxylic acids is 2. The van der Waals surface area contributed by atoms with Gasteiger partial charge in [-0.15, -0.1) is 0 Å². The molecule has 120 valence electrons. The first kappa shape index (κ1) is 26.0. The van der Waals surface area contributed by atoms with Crippen LogP contribution in [0, 0.1) is 0 Å². The second-order valence-corrected chi connectivity index (χ2v) is 4.55. The molecule has 0 aromatic carbocycles. The smallest absolute Gasteiger partial charge is 0.548 e. The molecule has 0 aliphatic rings. The molecule has 10 N–H and O–H groups in total. The Morgan fingerprint density at radius 1 is 0.810 bits per heavy atom. The van der Waals surface area contributed by atoms with E-state index in [2.05, 4.69) is 11.5 Å². The zero-order valence-electron chi connectivity index (χ0n) is 12.7. The Hall–Kier alpha value is 0.0397. The van der Waals surface area contributed by atoms with Gasteiger partial charge in [-0.25, -0.2) is 0 Å². The second kappa shape index (κ2) is 18.1. The summed E-state index contributed by atoms with van der Waals surface area (Å²) in [7, 11) is 0. The molecule has 0 aromatic rings. The van der Waals surface area contributed by atoms with Crippen LogP contribution in [0.15, 0.2) is 0 Å². The summed E-state index contributed by atoms with van der Waals surface area (Å²) in [4.78, 5) is 20.1. The molecule has 21 heavy (non-hydrogen) atoms. The molecule has 2 atom stereocenters. The molecule has 9 heteroatoms. The van der Waals surface area contributed by atoms with Crippen molar-refractivity contribution < 1.29 is 31.3 Å². The molecule has 0 bridgehead atoms. The number of nitrogens with two attached hydrogens (primary N) is 2. The standard InChI is InChI=1S/2C6H14N2O2.Ca/c2*7-4-2-1-3-5(8)6(9)10;/h2*5H,1-4,7-8H2,(H,9,10);/q;;+2/t2*5-;/m00./s1. The normalized spacial score (nSPS) is 12.4. The van der Waals surface area contributed by atoms with Crippen LogP contribution < -0.4 is 33.1 Å². The van der Waals surface area contributed by atoms with Crippen LogP contribution in [0.3, 0.4) is 0 Å². The van der Waals surface area contributed by atoms with E-state index in [9.17, 15) is 19.8 Å². The van der Waals surface area contributed by atoms with Crippen molar-refractivity contribution in [3.63, 3.8) is 0 Å². The van der Waals surface area contributed by atoms with Crippen LogP contribution in [-0.2, 0) is 9.59 Å². The van der Waals surface area contributed by atoms with E-state index >= 15 is 0 Å². The van der Waals surface area contributed by atoms with E-state index in [4.69, 9.17) is 11.5 Å². The largest absolute Gasteiger partial charge is 2.00 e. The van der Waals surface area contributed by atoms with Crippen LogP contribution in [0.5, 0.6) is 0 Å². The van der Waals surface area contributed by atoms with E-state index in [1.807, 2.05) is 0 Å². The van der Waals surface area contributed by atoms with Gasteiger partial charge in [-0.2, -0.15) is 0 Å². The average Bonchev–Trinajstić information content (AvgIpc) is 2.39. The number of carbonyl (C=O) groups excluding carboxylic acids is 2. The molecule has 0 radical (unpaired) electrons. The molecule has 0 spiro atoms. The summed E-state index contributed by atoms with van der Waals surface area (Å²) in [6.45, 7) is 1.67. The summed E-state index contributed by atoms with van der Waals surface area (Å²) < 4.78 is 0. The van der Waals surface area contributed by atoms with E-state index in [0.29, 0.717) is 12.8 Å². The van der Waals surface area contributed by atoms with Gasteiger partial charge in [0.25, 0.3) is 0 Å². The minimum atomic E-state index is -1.16. The molecule has 0 saturated heterocycles. The molecule has 0 saturated carbocycles. The summed E-state index contributed by atoms with van der Waals surface area (Å²) in [6.07, 6.45) is 4.49. The quantitative estimate of drug-likeness (QED) is 0.228. The van der Waals surface area contributed by atoms with Gasteiger partial charge in [-0.1, -0.05) is 0 Å². The number of carboxylic acid groups (broad SMARTS) is 2. The number of quaternary nitrogens is 2. The van der Waals surface area contributed by atoms with Crippen molar-refractivity contribution in [3.05, 3.63) is 0 Å². The van der Waals surface area contributed by atoms with Crippen LogP contribution >= 0.6 is 0 Å². The number of rotatable bonds is 10. The van der Waals surface area contributed by atoms with Gasteiger partial charge >= 0.3 is 37.7 Å². The fraction of sp³-hybridized carbons (Fsp3) is 0.833. The fourth-order valence-electron chi connectivity index (χ4n) is 1.32. The van der Waals surface area contributed by atoms with Gasteiger partial charge in [-0.05, 0) is 38.5 Å². The van der Waals surface area contributed by atoms with Gasteiger partial charge in [-0.3, -0.25) is 0 Å². The zero-order valence-corrected chi connectivity index (χ0v) is 14.9. The van der Waals surface area contributed by atoms with E-state index in [0.717, 1.165) is 38.8 Å². The van der Waals surface area contributed by atoms with E-state index < -0.39 is 24.0 Å². The van der Waals surface area contributed by atoms with E-state index in [-0.39, 0.29) is 37.7 Å². The van der Waals surface area contributed by atoms with Gasteiger partial charge < -0.3 is 42.7 Å². The minimum absolute atomic E-state index is 0. The molecular weight excluding hydrogens is 304 g/mol. The molecule has 0 unspecified atom stereocenters. The van der Waals surface area contributed by atoms with Gasteiger partial charge in [0.15, 0.2) is 0 Å². The summed E-state index contributed by atoms with van der Waals surface area (Å²) in [6, 6.07) is -1.60. The fourth-order valence-corrected chi connectivity index (χ4v) is 1.32. The SMILES string of the molecule is N[C@@H](CCCC[NH3+])C(=O)[O-].N[C@@H](CCCC[NH3+])C(=O)[O-].[Ca+2]. The Morgan fingerprint density at radius 3 is 1.29 bits per heavy atom. The molecule has 0 rings (SSSR count). The maximum Gasteiger partial charge on any atom is 2.00 e. The molecule has 0 fully saturated rings. The first-order valence-electron chi connectivity index (χ1n) is 6.88. The summed E-state index contributed by atoms with van der Waals surface area (Å²) in [5, 5.41) is 20.1. The summed E-state index contributed by atoms with van der Waals surface area (Å²) in [5.74, 6) is -2.33. The van der Waals surface area contributed by atoms with Gasteiger partial charge in [0.1, 0.15) is 0 Å². The van der Waals surface area contributed by atoms with Crippen molar-refractivity contribution >= 4 is 49.7 Å². The van der Waals surface area contributed by atoms with E-state index in [1.165, 1.54) is 0 Å². The van der Waals surface area contributed by atoms with Crippen LogP contribution in [0.2, 0.25) is 0 Å². The Balaban J connectivity index is -0.000000295. The predicted octanol–water partition coefficient (Wildman–Crippen LogP) is -5.43. The van der Waals surface area contributed by atoms with Crippen molar-refractivity contribution in [2.75, 3.05) is 13.1 Å². The van der Waals surface area contributed by atoms with Gasteiger partial charge in [0.05, 0.1) is 25.0 Å². The Labute approximate surface area is 155 Å². The molecule has 0 aromatic heterocycles. The Kier molecular flexibility index (Phi) is 22.4. The summed E-state index contributed by atoms with van der Waals surface area (Å²) >= 11 is 0. The number of hydrogen-bond acceptors (Lipinski definition) is 6. The van der Waals surface area contributed by atoms with Crippen molar-refractivity contribution in [1.82, 2.24) is 0 Å². The number of hydrogen-bond donors (Lipinski definition) is 4. The van der Waals surface area contributed by atoms with Crippen molar-refractivity contribution in [2.24, 2.45) is 11.5 Å². The molecule has 8 nitrogen and oxygen atoms in total. The number of carbonyl (C=O) groups is 2. The van der Waals surface area contributed by atoms with Crippen LogP contribution in [0.4, 0.5) is 0 Å². The predicted molar refractivity (Wildman–Crippen MR) is 74.9 cm³/mol. The number of unbranched alkanes of at least 4 members (excludes halogenated alkanes) is 2. The minimum Gasteiger partial charge on any atom is -0.548 e. The Bertz CT molecular complexity index is 244. The third kappa shape index (κ3) is 20.0. The van der Waals surface area contributed by atoms with Crippen molar-refractivity contribution in [1.29, 1.82) is 0 Å².